The highest BCUT2D eigenvalue weighted by molar-refractivity contribution is 5.69. The van der Waals surface area contributed by atoms with Gasteiger partial charge in [0.1, 0.15) is 12.3 Å². The summed E-state index contributed by atoms with van der Waals surface area (Å²) in [7, 11) is 0. The Morgan fingerprint density at radius 2 is 1.67 bits per heavy atom. The van der Waals surface area contributed by atoms with E-state index < -0.39 is 9.85 Å². The predicted molar refractivity (Wildman–Crippen MR) is 113 cm³/mol. The van der Waals surface area contributed by atoms with Crippen LogP contribution in [0, 0.1) is 20.2 Å². The van der Waals surface area contributed by atoms with Crippen molar-refractivity contribution in [1.29, 1.82) is 0 Å². The van der Waals surface area contributed by atoms with Crippen LogP contribution >= 0.6 is 0 Å². The fourth-order valence-electron chi connectivity index (χ4n) is 2.81. The van der Waals surface area contributed by atoms with E-state index in [0.717, 1.165) is 25.3 Å². The van der Waals surface area contributed by atoms with Crippen molar-refractivity contribution in [3.05, 3.63) is 38.4 Å². The molecule has 1 aromatic carbocycles. The van der Waals surface area contributed by atoms with Gasteiger partial charge < -0.3 is 14.8 Å². The van der Waals surface area contributed by atoms with Crippen molar-refractivity contribution in [3.8, 4) is 0 Å². The molecule has 0 heterocycles. The lowest BCUT2D eigenvalue weighted by Gasteiger charge is -2.08. The third-order valence-electron chi connectivity index (χ3n) is 4.43. The highest BCUT2D eigenvalue weighted by atomic mass is 16.6. The number of esters is 1. The lowest BCUT2D eigenvalue weighted by molar-refractivity contribution is -0.393. The molecule has 0 saturated carbocycles. The molecule has 10 heteroatoms. The molecule has 30 heavy (non-hydrogen) atoms. The number of non-ortho nitro benzene ring substituents is 1. The van der Waals surface area contributed by atoms with E-state index in [0.29, 0.717) is 6.42 Å². The first-order valence-electron chi connectivity index (χ1n) is 10.4. The van der Waals surface area contributed by atoms with Crippen molar-refractivity contribution in [2.75, 3.05) is 31.7 Å². The predicted octanol–water partition coefficient (Wildman–Crippen LogP) is 4.62. The number of benzene rings is 1. The second-order valence-electron chi connectivity index (χ2n) is 6.85. The second-order valence-corrected chi connectivity index (χ2v) is 6.85. The molecule has 0 radical (unpaired) electrons. The minimum atomic E-state index is -0.686. The lowest BCUT2D eigenvalue weighted by atomic mass is 10.1. The van der Waals surface area contributed by atoms with Crippen LogP contribution in [0.4, 0.5) is 17.1 Å². The minimum Gasteiger partial charge on any atom is -0.463 e. The highest BCUT2D eigenvalue weighted by Gasteiger charge is 2.18. The molecular weight excluding hydrogens is 394 g/mol. The van der Waals surface area contributed by atoms with E-state index >= 15 is 0 Å². The quantitative estimate of drug-likeness (QED) is 0.165. The molecule has 168 valence electrons. The molecular formula is C20H31N3O7. The number of nitrogens with zero attached hydrogens (tertiary/aromatic N) is 2. The molecule has 0 aliphatic rings. The first kappa shape index (κ1) is 25.3. The molecule has 0 aliphatic carbocycles. The summed E-state index contributed by atoms with van der Waals surface area (Å²) >= 11 is 0. The largest absolute Gasteiger partial charge is 0.463 e. The monoisotopic (exact) mass is 425 g/mol. The van der Waals surface area contributed by atoms with Crippen LogP contribution in [0.25, 0.3) is 0 Å². The molecule has 1 aromatic rings. The Balaban J connectivity index is 2.11. The van der Waals surface area contributed by atoms with E-state index in [-0.39, 0.29) is 49.4 Å². The molecule has 0 amide bonds. The fraction of sp³-hybridized carbons (Fsp3) is 0.650. The van der Waals surface area contributed by atoms with Crippen molar-refractivity contribution >= 4 is 23.0 Å². The molecule has 10 nitrogen and oxygen atoms in total. The molecule has 0 fully saturated rings. The van der Waals surface area contributed by atoms with Gasteiger partial charge in [0.15, 0.2) is 0 Å². The van der Waals surface area contributed by atoms with Crippen LogP contribution in [-0.4, -0.2) is 42.2 Å². The maximum Gasteiger partial charge on any atom is 0.305 e. The normalized spacial score (nSPS) is 10.6. The molecule has 1 N–H and O–H groups in total. The zero-order valence-corrected chi connectivity index (χ0v) is 17.5. The Bertz CT molecular complexity index is 682. The zero-order chi connectivity index (χ0) is 22.2. The van der Waals surface area contributed by atoms with E-state index in [1.165, 1.54) is 37.8 Å². The lowest BCUT2D eigenvalue weighted by Crippen LogP contribution is -2.15. The van der Waals surface area contributed by atoms with Gasteiger partial charge in [0.05, 0.1) is 29.1 Å². The summed E-state index contributed by atoms with van der Waals surface area (Å²) in [4.78, 5) is 32.0. The van der Waals surface area contributed by atoms with Gasteiger partial charge in [0.2, 0.25) is 0 Å². The number of nitrogens with one attached hydrogen (secondary N) is 1. The minimum absolute atomic E-state index is 0.160. The SMILES string of the molecule is CCCCCCCCCC(=O)OCCOCCNc1ccc([N+](=O)[O-])cc1[N+](=O)[O-]. The van der Waals surface area contributed by atoms with Crippen molar-refractivity contribution in [2.45, 2.75) is 58.3 Å². The van der Waals surface area contributed by atoms with Crippen LogP contribution < -0.4 is 5.32 Å². The van der Waals surface area contributed by atoms with Crippen LogP contribution in [0.15, 0.2) is 18.2 Å². The number of carbonyl (C=O) groups is 1. The fourth-order valence-corrected chi connectivity index (χ4v) is 2.81. The second kappa shape index (κ2) is 15.1. The average Bonchev–Trinajstić information content (AvgIpc) is 2.72. The van der Waals surface area contributed by atoms with Crippen LogP contribution in [0.1, 0.15) is 58.3 Å². The van der Waals surface area contributed by atoms with Gasteiger partial charge in [-0.1, -0.05) is 45.4 Å². The summed E-state index contributed by atoms with van der Waals surface area (Å²) in [5.74, 6) is -0.230. The Labute approximate surface area is 176 Å². The standard InChI is InChI=1S/C20H31N3O7/c1-2-3-4-5-6-7-8-9-20(24)30-15-14-29-13-12-21-18-11-10-17(22(25)26)16-19(18)23(27)28/h10-11,16,21H,2-9,12-15H2,1H3. The highest BCUT2D eigenvalue weighted by Crippen LogP contribution is 2.28. The van der Waals surface area contributed by atoms with E-state index in [4.69, 9.17) is 9.47 Å². The first-order chi connectivity index (χ1) is 14.5. The maximum atomic E-state index is 11.6. The number of carbonyl (C=O) groups excluding carboxylic acids is 1. The zero-order valence-electron chi connectivity index (χ0n) is 17.5. The van der Waals surface area contributed by atoms with E-state index in [1.807, 2.05) is 0 Å². The van der Waals surface area contributed by atoms with E-state index in [9.17, 15) is 25.0 Å². The van der Waals surface area contributed by atoms with Crippen molar-refractivity contribution in [1.82, 2.24) is 0 Å². The van der Waals surface area contributed by atoms with Gasteiger partial charge in [0, 0.05) is 19.0 Å². The van der Waals surface area contributed by atoms with Crippen LogP contribution in [0.2, 0.25) is 0 Å². The number of unbranched alkanes of at least 4 members (excludes halogenated alkanes) is 6. The van der Waals surface area contributed by atoms with Gasteiger partial charge in [-0.05, 0) is 12.5 Å². The van der Waals surface area contributed by atoms with Gasteiger partial charge in [-0.25, -0.2) is 0 Å². The topological polar surface area (TPSA) is 134 Å². The Kier molecular flexibility index (Phi) is 12.8. The third kappa shape index (κ3) is 10.7. The molecule has 0 aliphatic heterocycles. The number of rotatable bonds is 17. The van der Waals surface area contributed by atoms with Gasteiger partial charge in [-0.15, -0.1) is 0 Å². The van der Waals surface area contributed by atoms with Gasteiger partial charge in [0.25, 0.3) is 11.4 Å². The molecule has 0 aromatic heterocycles. The van der Waals surface area contributed by atoms with E-state index in [2.05, 4.69) is 12.2 Å². The van der Waals surface area contributed by atoms with Crippen molar-refractivity contribution in [2.24, 2.45) is 0 Å². The number of nitro benzene ring substituents is 2. The van der Waals surface area contributed by atoms with Crippen molar-refractivity contribution in [3.63, 3.8) is 0 Å². The van der Waals surface area contributed by atoms with Crippen LogP contribution in [0.3, 0.4) is 0 Å². The first-order valence-corrected chi connectivity index (χ1v) is 10.4. The number of hydrogen-bond acceptors (Lipinski definition) is 8. The summed E-state index contributed by atoms with van der Waals surface area (Å²) in [6, 6.07) is 3.40. The van der Waals surface area contributed by atoms with Crippen LogP contribution in [0.5, 0.6) is 0 Å². The Morgan fingerprint density at radius 3 is 2.33 bits per heavy atom. The number of ether oxygens (including phenoxy) is 2. The number of nitro groups is 2. The summed E-state index contributed by atoms with van der Waals surface area (Å²) in [6.45, 7) is 3.08. The molecule has 0 bridgehead atoms. The third-order valence-corrected chi connectivity index (χ3v) is 4.43. The maximum absolute atomic E-state index is 11.6. The smallest absolute Gasteiger partial charge is 0.305 e. The average molecular weight is 425 g/mol. The molecule has 1 rings (SSSR count). The Hall–Kier alpha value is -2.75. The summed E-state index contributed by atoms with van der Waals surface area (Å²) in [6.07, 6.45) is 8.40. The summed E-state index contributed by atoms with van der Waals surface area (Å²) in [5, 5.41) is 24.6. The summed E-state index contributed by atoms with van der Waals surface area (Å²) in [5.41, 5.74) is -0.541. The van der Waals surface area contributed by atoms with Crippen LogP contribution in [-0.2, 0) is 14.3 Å². The van der Waals surface area contributed by atoms with Gasteiger partial charge in [-0.3, -0.25) is 25.0 Å². The number of anilines is 1. The Morgan fingerprint density at radius 1 is 0.967 bits per heavy atom. The summed E-state index contributed by atoms with van der Waals surface area (Å²) < 4.78 is 10.4. The van der Waals surface area contributed by atoms with E-state index in [1.54, 1.807) is 0 Å². The van der Waals surface area contributed by atoms with Gasteiger partial charge in [-0.2, -0.15) is 0 Å². The molecule has 0 unspecified atom stereocenters. The molecule has 0 saturated heterocycles. The van der Waals surface area contributed by atoms with Gasteiger partial charge >= 0.3 is 5.97 Å². The number of hydrogen-bond donors (Lipinski definition) is 1. The molecule has 0 atom stereocenters. The molecule has 0 spiro atoms. The van der Waals surface area contributed by atoms with Crippen molar-refractivity contribution < 1.29 is 24.1 Å².